The molecule has 1 aromatic carbocycles. The van der Waals surface area contributed by atoms with Gasteiger partial charge >= 0.3 is 0 Å². The van der Waals surface area contributed by atoms with Crippen molar-refractivity contribution in [2.24, 2.45) is 0 Å². The molecule has 0 aliphatic carbocycles. The number of carbonyl (C=O) groups excluding carboxylic acids is 1. The van der Waals surface area contributed by atoms with Crippen LogP contribution in [0.15, 0.2) is 29.2 Å². The fourth-order valence-electron chi connectivity index (χ4n) is 4.15. The van der Waals surface area contributed by atoms with Crippen LogP contribution in [0.3, 0.4) is 0 Å². The molecule has 0 bridgehead atoms. The van der Waals surface area contributed by atoms with Gasteiger partial charge in [-0.1, -0.05) is 0 Å². The van der Waals surface area contributed by atoms with Crippen LogP contribution in [0.25, 0.3) is 0 Å². The van der Waals surface area contributed by atoms with Crippen molar-refractivity contribution in [3.8, 4) is 5.75 Å². The third-order valence-electron chi connectivity index (χ3n) is 6.10. The lowest BCUT2D eigenvalue weighted by Crippen LogP contribution is -3.16. The molecule has 2 heterocycles. The van der Waals surface area contributed by atoms with Crippen LogP contribution in [0, 0.1) is 0 Å². The topological polar surface area (TPSA) is 84.6 Å². The molecule has 162 valence electrons. The largest absolute Gasteiger partial charge is 0.497 e. The Hall–Kier alpha value is -1.68. The maximum absolute atomic E-state index is 12.8. The van der Waals surface area contributed by atoms with E-state index < -0.39 is 10.0 Å². The Labute approximate surface area is 173 Å². The second kappa shape index (κ2) is 9.88. The van der Waals surface area contributed by atoms with Crippen LogP contribution in [0.4, 0.5) is 0 Å². The van der Waals surface area contributed by atoms with E-state index in [4.69, 9.17) is 4.74 Å². The number of methoxy groups -OCH3 is 1. The van der Waals surface area contributed by atoms with Crippen LogP contribution in [0.5, 0.6) is 5.75 Å². The average molecular weight is 427 g/mol. The summed E-state index contributed by atoms with van der Waals surface area (Å²) in [6.45, 7) is 8.14. The summed E-state index contributed by atoms with van der Waals surface area (Å²) < 4.78 is 32.3. The van der Waals surface area contributed by atoms with Crippen molar-refractivity contribution in [3.05, 3.63) is 24.3 Å². The predicted octanol–water partition coefficient (Wildman–Crippen LogP) is -2.23. The minimum Gasteiger partial charge on any atom is -0.497 e. The smallest absolute Gasteiger partial charge is 0.275 e. The van der Waals surface area contributed by atoms with Gasteiger partial charge in [-0.2, -0.15) is 4.31 Å². The molecular weight excluding hydrogens is 392 g/mol. The molecule has 8 nitrogen and oxygen atoms in total. The van der Waals surface area contributed by atoms with Crippen LogP contribution in [0.2, 0.25) is 0 Å². The highest BCUT2D eigenvalue weighted by Gasteiger charge is 2.31. The highest BCUT2D eigenvalue weighted by atomic mass is 32.2. The fraction of sp³-hybridized carbons (Fsp3) is 0.650. The van der Waals surface area contributed by atoms with Crippen LogP contribution in [-0.4, -0.2) is 84.1 Å². The summed E-state index contributed by atoms with van der Waals surface area (Å²) in [7, 11) is -1.96. The van der Waals surface area contributed by atoms with Gasteiger partial charge in [-0.25, -0.2) is 8.42 Å². The Morgan fingerprint density at radius 3 is 2.28 bits per heavy atom. The number of benzene rings is 1. The van der Waals surface area contributed by atoms with E-state index in [1.54, 1.807) is 36.3 Å². The van der Waals surface area contributed by atoms with Gasteiger partial charge in [0.25, 0.3) is 5.91 Å². The zero-order valence-electron chi connectivity index (χ0n) is 17.4. The first-order valence-electron chi connectivity index (χ1n) is 10.5. The van der Waals surface area contributed by atoms with Gasteiger partial charge in [-0.15, -0.1) is 0 Å². The van der Waals surface area contributed by atoms with Crippen molar-refractivity contribution < 1.29 is 27.7 Å². The number of piperazine rings is 1. The van der Waals surface area contributed by atoms with Crippen molar-refractivity contribution in [1.29, 1.82) is 0 Å². The molecule has 29 heavy (non-hydrogen) atoms. The van der Waals surface area contributed by atoms with Crippen LogP contribution in [0.1, 0.15) is 19.8 Å². The monoisotopic (exact) mass is 426 g/mol. The Bertz CT molecular complexity index is 768. The minimum absolute atomic E-state index is 0.0800. The number of carbonyl (C=O) groups is 1. The molecule has 1 amide bonds. The minimum atomic E-state index is -3.51. The molecule has 2 fully saturated rings. The Kier molecular flexibility index (Phi) is 7.50. The Balaban J connectivity index is 1.45. The van der Waals surface area contributed by atoms with E-state index in [0.29, 0.717) is 38.5 Å². The van der Waals surface area contributed by atoms with E-state index in [1.165, 1.54) is 4.31 Å². The molecule has 0 spiro atoms. The summed E-state index contributed by atoms with van der Waals surface area (Å²) >= 11 is 0. The van der Waals surface area contributed by atoms with Gasteiger partial charge in [0.05, 0.1) is 57.8 Å². The fourth-order valence-corrected chi connectivity index (χ4v) is 5.59. The number of ether oxygens (including phenoxy) is 1. The molecule has 2 aliphatic heterocycles. The van der Waals surface area contributed by atoms with E-state index in [9.17, 15) is 13.2 Å². The lowest BCUT2D eigenvalue weighted by Gasteiger charge is -2.32. The number of nitrogens with one attached hydrogen (secondary N) is 3. The lowest BCUT2D eigenvalue weighted by atomic mass is 10.1. The van der Waals surface area contributed by atoms with Crippen molar-refractivity contribution in [1.82, 2.24) is 9.62 Å². The number of hydrogen-bond acceptors (Lipinski definition) is 4. The molecule has 0 atom stereocenters. The van der Waals surface area contributed by atoms with E-state index in [2.05, 4.69) is 12.2 Å². The summed E-state index contributed by atoms with van der Waals surface area (Å²) in [4.78, 5) is 15.4. The van der Waals surface area contributed by atoms with Gasteiger partial charge < -0.3 is 19.9 Å². The van der Waals surface area contributed by atoms with Gasteiger partial charge in [0.2, 0.25) is 10.0 Å². The SMILES string of the molecule is CC[NH+]1CCC(NC(=O)C[NH+]2CCN(S(=O)(=O)c3ccc(OC)cc3)CC2)CC1. The standard InChI is InChI=1S/C20H32N4O4S/c1-3-22-10-8-17(9-11-22)21-20(25)16-23-12-14-24(15-13-23)29(26,27)19-6-4-18(28-2)5-7-19/h4-7,17H,3,8-16H2,1-2H3,(H,21,25)/p+2. The molecule has 9 heteroatoms. The maximum atomic E-state index is 12.8. The van der Waals surface area contributed by atoms with Crippen LogP contribution in [-0.2, 0) is 14.8 Å². The van der Waals surface area contributed by atoms with Gasteiger partial charge in [-0.3, -0.25) is 4.79 Å². The molecule has 1 aromatic rings. The highest BCUT2D eigenvalue weighted by molar-refractivity contribution is 7.89. The summed E-state index contributed by atoms with van der Waals surface area (Å²) in [5.41, 5.74) is 0. The molecule has 3 N–H and O–H groups in total. The number of nitrogens with zero attached hydrogens (tertiary/aromatic N) is 1. The molecular formula is C20H34N4O4S+2. The van der Waals surface area contributed by atoms with E-state index in [1.807, 2.05) is 0 Å². The number of piperidine rings is 1. The quantitative estimate of drug-likeness (QED) is 0.461. The zero-order valence-corrected chi connectivity index (χ0v) is 18.3. The molecule has 2 saturated heterocycles. The van der Waals surface area contributed by atoms with Crippen molar-refractivity contribution in [3.63, 3.8) is 0 Å². The van der Waals surface area contributed by atoms with Gasteiger partial charge in [0.15, 0.2) is 6.54 Å². The Morgan fingerprint density at radius 2 is 1.72 bits per heavy atom. The number of sulfonamides is 1. The summed E-state index contributed by atoms with van der Waals surface area (Å²) in [6.07, 6.45) is 2.08. The summed E-state index contributed by atoms with van der Waals surface area (Å²) in [5, 5.41) is 3.17. The maximum Gasteiger partial charge on any atom is 0.275 e. The van der Waals surface area contributed by atoms with Crippen LogP contribution < -0.4 is 19.9 Å². The lowest BCUT2D eigenvalue weighted by molar-refractivity contribution is -0.903. The number of rotatable bonds is 7. The second-order valence-corrected chi connectivity index (χ2v) is 9.89. The molecule has 0 unspecified atom stereocenters. The average Bonchev–Trinajstić information content (AvgIpc) is 2.74. The predicted molar refractivity (Wildman–Crippen MR) is 110 cm³/mol. The number of amides is 1. The van der Waals surface area contributed by atoms with Crippen molar-refractivity contribution in [2.45, 2.75) is 30.7 Å². The van der Waals surface area contributed by atoms with E-state index in [0.717, 1.165) is 37.4 Å². The molecule has 0 aromatic heterocycles. The molecule has 2 aliphatic rings. The number of hydrogen-bond donors (Lipinski definition) is 3. The molecule has 0 saturated carbocycles. The first-order chi connectivity index (χ1) is 13.9. The summed E-state index contributed by atoms with van der Waals surface area (Å²) in [5.74, 6) is 0.711. The molecule has 3 rings (SSSR count). The third-order valence-corrected chi connectivity index (χ3v) is 8.01. The van der Waals surface area contributed by atoms with E-state index in [-0.39, 0.29) is 16.8 Å². The molecule has 0 radical (unpaired) electrons. The first kappa shape index (κ1) is 22.0. The van der Waals surface area contributed by atoms with E-state index >= 15 is 0 Å². The zero-order chi connectivity index (χ0) is 20.9. The second-order valence-electron chi connectivity index (χ2n) is 7.95. The van der Waals surface area contributed by atoms with Gasteiger partial charge in [0, 0.05) is 18.9 Å². The van der Waals surface area contributed by atoms with Crippen molar-refractivity contribution in [2.75, 3.05) is 59.5 Å². The van der Waals surface area contributed by atoms with Crippen LogP contribution >= 0.6 is 0 Å². The van der Waals surface area contributed by atoms with Gasteiger partial charge in [-0.05, 0) is 31.2 Å². The first-order valence-corrected chi connectivity index (χ1v) is 12.0. The summed E-state index contributed by atoms with van der Waals surface area (Å²) in [6, 6.07) is 6.75. The van der Waals surface area contributed by atoms with Crippen molar-refractivity contribution >= 4 is 15.9 Å². The highest BCUT2D eigenvalue weighted by Crippen LogP contribution is 2.19. The number of likely N-dealkylation sites (tertiary alicyclic amines) is 1. The number of quaternary nitrogens is 2. The third kappa shape index (κ3) is 5.69. The van der Waals surface area contributed by atoms with Gasteiger partial charge in [0.1, 0.15) is 5.75 Å². The normalized spacial score (nSPS) is 24.2. The Morgan fingerprint density at radius 1 is 1.10 bits per heavy atom.